The predicted octanol–water partition coefficient (Wildman–Crippen LogP) is 4.28. The van der Waals surface area contributed by atoms with E-state index in [-0.39, 0.29) is 6.54 Å². The first-order valence-corrected chi connectivity index (χ1v) is 8.54. The SMILES string of the molecule is Cc1ccc(C)c(-c2csc(NC(=O)Cn3ccc(C(F)(F)F)n3)n2)c1. The van der Waals surface area contributed by atoms with Crippen LogP contribution in [0, 0.1) is 13.8 Å². The maximum Gasteiger partial charge on any atom is 0.435 e. The summed E-state index contributed by atoms with van der Waals surface area (Å²) >= 11 is 1.25. The topological polar surface area (TPSA) is 59.8 Å². The number of hydrogen-bond acceptors (Lipinski definition) is 4. The highest BCUT2D eigenvalue weighted by Gasteiger charge is 2.33. The minimum absolute atomic E-state index is 0.325. The van der Waals surface area contributed by atoms with E-state index in [1.807, 2.05) is 37.4 Å². The van der Waals surface area contributed by atoms with Gasteiger partial charge in [0.15, 0.2) is 10.8 Å². The molecule has 0 saturated carbocycles. The smallest absolute Gasteiger partial charge is 0.300 e. The molecule has 0 aliphatic rings. The number of rotatable bonds is 4. The Morgan fingerprint density at radius 3 is 2.73 bits per heavy atom. The molecule has 0 bridgehead atoms. The van der Waals surface area contributed by atoms with Crippen molar-refractivity contribution in [3.8, 4) is 11.3 Å². The van der Waals surface area contributed by atoms with Crippen molar-refractivity contribution in [1.29, 1.82) is 0 Å². The van der Waals surface area contributed by atoms with Crippen LogP contribution < -0.4 is 5.32 Å². The third kappa shape index (κ3) is 4.10. The van der Waals surface area contributed by atoms with Crippen molar-refractivity contribution in [2.24, 2.45) is 0 Å². The summed E-state index contributed by atoms with van der Waals surface area (Å²) in [6.07, 6.45) is -3.41. The monoisotopic (exact) mass is 380 g/mol. The van der Waals surface area contributed by atoms with E-state index in [2.05, 4.69) is 15.4 Å². The van der Waals surface area contributed by atoms with Crippen molar-refractivity contribution < 1.29 is 18.0 Å². The number of hydrogen-bond donors (Lipinski definition) is 1. The van der Waals surface area contributed by atoms with Gasteiger partial charge in [0.05, 0.1) is 5.69 Å². The molecule has 0 radical (unpaired) electrons. The summed E-state index contributed by atoms with van der Waals surface area (Å²) in [6.45, 7) is 3.63. The number of nitrogens with zero attached hydrogens (tertiary/aromatic N) is 3. The number of thiazole rings is 1. The van der Waals surface area contributed by atoms with Crippen LogP contribution in [0.2, 0.25) is 0 Å². The van der Waals surface area contributed by atoms with Crippen LogP contribution in [0.3, 0.4) is 0 Å². The molecule has 26 heavy (non-hydrogen) atoms. The largest absolute Gasteiger partial charge is 0.435 e. The van der Waals surface area contributed by atoms with Crippen molar-refractivity contribution in [1.82, 2.24) is 14.8 Å². The molecule has 2 aromatic heterocycles. The van der Waals surface area contributed by atoms with Gasteiger partial charge in [0.25, 0.3) is 0 Å². The fraction of sp³-hybridized carbons (Fsp3) is 0.235. The molecule has 0 aliphatic carbocycles. The fourth-order valence-corrected chi connectivity index (χ4v) is 3.10. The number of carbonyl (C=O) groups is 1. The molecule has 0 atom stereocenters. The molecule has 0 fully saturated rings. The molecule has 1 aromatic carbocycles. The van der Waals surface area contributed by atoms with Crippen molar-refractivity contribution in [3.05, 3.63) is 52.7 Å². The van der Waals surface area contributed by atoms with E-state index in [9.17, 15) is 18.0 Å². The molecular formula is C17H15F3N4OS. The van der Waals surface area contributed by atoms with Gasteiger partial charge < -0.3 is 5.32 Å². The number of carbonyl (C=O) groups excluding carboxylic acids is 1. The average Bonchev–Trinajstić information content (AvgIpc) is 3.19. The summed E-state index contributed by atoms with van der Waals surface area (Å²) in [7, 11) is 0. The molecule has 0 saturated heterocycles. The van der Waals surface area contributed by atoms with Gasteiger partial charge in [-0.2, -0.15) is 18.3 Å². The normalized spacial score (nSPS) is 11.6. The number of halogens is 3. The lowest BCUT2D eigenvalue weighted by atomic mass is 10.0. The lowest BCUT2D eigenvalue weighted by Crippen LogP contribution is -2.19. The molecule has 9 heteroatoms. The fourth-order valence-electron chi connectivity index (χ4n) is 2.37. The number of benzene rings is 1. The Bertz CT molecular complexity index is 946. The number of aromatic nitrogens is 3. The number of anilines is 1. The zero-order valence-corrected chi connectivity index (χ0v) is 14.8. The first-order chi connectivity index (χ1) is 12.2. The third-order valence-electron chi connectivity index (χ3n) is 3.66. The van der Waals surface area contributed by atoms with Crippen molar-refractivity contribution in [2.75, 3.05) is 5.32 Å². The highest BCUT2D eigenvalue weighted by Crippen LogP contribution is 2.29. The molecule has 2 heterocycles. The lowest BCUT2D eigenvalue weighted by molar-refractivity contribution is -0.141. The molecule has 5 nitrogen and oxygen atoms in total. The predicted molar refractivity (Wildman–Crippen MR) is 92.9 cm³/mol. The van der Waals surface area contributed by atoms with Gasteiger partial charge in [-0.3, -0.25) is 9.48 Å². The number of amides is 1. The summed E-state index contributed by atoms with van der Waals surface area (Å²) in [5.41, 5.74) is 2.85. The van der Waals surface area contributed by atoms with Gasteiger partial charge in [0.2, 0.25) is 5.91 Å². The van der Waals surface area contributed by atoms with Crippen LogP contribution in [0.1, 0.15) is 16.8 Å². The Kier molecular flexibility index (Phi) is 4.82. The Morgan fingerprint density at radius 1 is 1.27 bits per heavy atom. The van der Waals surface area contributed by atoms with Crippen LogP contribution in [-0.2, 0) is 17.5 Å². The van der Waals surface area contributed by atoms with E-state index in [4.69, 9.17) is 0 Å². The Hall–Kier alpha value is -2.68. The van der Waals surface area contributed by atoms with Crippen molar-refractivity contribution in [3.63, 3.8) is 0 Å². The van der Waals surface area contributed by atoms with E-state index in [0.29, 0.717) is 5.13 Å². The van der Waals surface area contributed by atoms with E-state index in [1.165, 1.54) is 11.3 Å². The second-order valence-corrected chi connectivity index (χ2v) is 6.66. The summed E-state index contributed by atoms with van der Waals surface area (Å²) in [5, 5.41) is 8.15. The summed E-state index contributed by atoms with van der Waals surface area (Å²) < 4.78 is 38.5. The highest BCUT2D eigenvalue weighted by molar-refractivity contribution is 7.14. The van der Waals surface area contributed by atoms with E-state index < -0.39 is 17.8 Å². The van der Waals surface area contributed by atoms with Gasteiger partial charge in [-0.15, -0.1) is 11.3 Å². The number of nitrogens with one attached hydrogen (secondary N) is 1. The molecule has 3 aromatic rings. The molecule has 1 N–H and O–H groups in total. The minimum atomic E-state index is -4.53. The molecule has 0 aliphatic heterocycles. The number of alkyl halides is 3. The summed E-state index contributed by atoms with van der Waals surface area (Å²) in [5.74, 6) is -0.497. The maximum atomic E-state index is 12.5. The van der Waals surface area contributed by atoms with Gasteiger partial charge in [0.1, 0.15) is 6.54 Å². The molecule has 0 spiro atoms. The van der Waals surface area contributed by atoms with Gasteiger partial charge in [-0.05, 0) is 31.5 Å². The molecule has 3 rings (SSSR count). The van der Waals surface area contributed by atoms with Crippen molar-refractivity contribution >= 4 is 22.4 Å². The van der Waals surface area contributed by atoms with Gasteiger partial charge in [0, 0.05) is 17.1 Å². The Balaban J connectivity index is 1.68. The first-order valence-electron chi connectivity index (χ1n) is 7.66. The van der Waals surface area contributed by atoms with Crippen LogP contribution in [0.15, 0.2) is 35.8 Å². The minimum Gasteiger partial charge on any atom is -0.300 e. The van der Waals surface area contributed by atoms with Crippen LogP contribution in [0.4, 0.5) is 18.3 Å². The first kappa shape index (κ1) is 18.1. The molecular weight excluding hydrogens is 365 g/mol. The van der Waals surface area contributed by atoms with Gasteiger partial charge >= 0.3 is 6.18 Å². The van der Waals surface area contributed by atoms with Crippen LogP contribution in [-0.4, -0.2) is 20.7 Å². The lowest BCUT2D eigenvalue weighted by Gasteiger charge is -2.04. The molecule has 0 unspecified atom stereocenters. The van der Waals surface area contributed by atoms with Crippen LogP contribution >= 0.6 is 11.3 Å². The van der Waals surface area contributed by atoms with Gasteiger partial charge in [-0.25, -0.2) is 4.98 Å². The van der Waals surface area contributed by atoms with Crippen LogP contribution in [0.5, 0.6) is 0 Å². The third-order valence-corrected chi connectivity index (χ3v) is 4.41. The van der Waals surface area contributed by atoms with Crippen LogP contribution in [0.25, 0.3) is 11.3 Å². The molecule has 136 valence electrons. The summed E-state index contributed by atoms with van der Waals surface area (Å²) in [4.78, 5) is 16.4. The highest BCUT2D eigenvalue weighted by atomic mass is 32.1. The number of aryl methyl sites for hydroxylation is 2. The maximum absolute atomic E-state index is 12.5. The Morgan fingerprint density at radius 2 is 2.04 bits per heavy atom. The molecule has 1 amide bonds. The zero-order chi connectivity index (χ0) is 18.9. The van der Waals surface area contributed by atoms with E-state index in [0.717, 1.165) is 39.3 Å². The van der Waals surface area contributed by atoms with E-state index >= 15 is 0 Å². The summed E-state index contributed by atoms with van der Waals surface area (Å²) in [6, 6.07) is 6.85. The average molecular weight is 380 g/mol. The quantitative estimate of drug-likeness (QED) is 0.735. The van der Waals surface area contributed by atoms with Gasteiger partial charge in [-0.1, -0.05) is 17.7 Å². The standard InChI is InChI=1S/C17H15F3N4OS/c1-10-3-4-11(2)12(7-10)13-9-26-16(21-13)22-15(25)8-24-6-5-14(23-24)17(18,19)20/h3-7,9H,8H2,1-2H3,(H,21,22,25). The second kappa shape index (κ2) is 6.91. The second-order valence-electron chi connectivity index (χ2n) is 5.80. The van der Waals surface area contributed by atoms with E-state index in [1.54, 1.807) is 0 Å². The van der Waals surface area contributed by atoms with Crippen molar-refractivity contribution in [2.45, 2.75) is 26.6 Å². The Labute approximate surface area is 151 Å². The zero-order valence-electron chi connectivity index (χ0n) is 14.0.